The summed E-state index contributed by atoms with van der Waals surface area (Å²) in [6.07, 6.45) is -3.90. The fourth-order valence-electron chi connectivity index (χ4n) is 5.23. The lowest BCUT2D eigenvalue weighted by atomic mass is 9.87. The number of benzene rings is 1. The summed E-state index contributed by atoms with van der Waals surface area (Å²) in [5.41, 5.74) is -3.61. The first-order valence-corrected chi connectivity index (χ1v) is 17.5. The molecule has 2 fully saturated rings. The van der Waals surface area contributed by atoms with Crippen molar-refractivity contribution in [3.05, 3.63) is 33.8 Å². The van der Waals surface area contributed by atoms with Gasteiger partial charge in [0.15, 0.2) is 0 Å². The average molecular weight is 754 g/mol. The molecule has 1 aromatic rings. The predicted molar refractivity (Wildman–Crippen MR) is 167 cm³/mol. The minimum Gasteiger partial charge on any atom is -0.437 e. The highest BCUT2D eigenvalue weighted by Gasteiger charge is 2.59. The van der Waals surface area contributed by atoms with Gasteiger partial charge in [-0.3, -0.25) is 23.7 Å². The summed E-state index contributed by atoms with van der Waals surface area (Å²) >= 11 is 5.84. The monoisotopic (exact) mass is 753 g/mol. The molecule has 4 rings (SSSR count). The predicted octanol–water partition coefficient (Wildman–Crippen LogP) is 5.89. The van der Waals surface area contributed by atoms with Crippen molar-refractivity contribution in [1.82, 2.24) is 15.1 Å². The summed E-state index contributed by atoms with van der Waals surface area (Å²) in [4.78, 5) is 66.3. The van der Waals surface area contributed by atoms with Gasteiger partial charge in [0.2, 0.25) is 19.5 Å². The molecule has 3 aliphatic rings. The topological polar surface area (TPSA) is 167 Å². The third-order valence-corrected chi connectivity index (χ3v) is 9.84. The number of ether oxygens (including phenoxy) is 2. The van der Waals surface area contributed by atoms with Gasteiger partial charge in [-0.25, -0.2) is 23.3 Å². The summed E-state index contributed by atoms with van der Waals surface area (Å²) in [6.45, 7) is 6.58. The first kappa shape index (κ1) is 39.5. The number of alkyl halides is 3. The van der Waals surface area contributed by atoms with Crippen molar-refractivity contribution in [2.24, 2.45) is 16.7 Å². The summed E-state index contributed by atoms with van der Waals surface area (Å²) in [5.74, 6) is -2.98. The molecule has 0 radical (unpaired) electrons. The minimum absolute atomic E-state index is 0.0220. The van der Waals surface area contributed by atoms with Crippen LogP contribution in [0.15, 0.2) is 12.1 Å². The van der Waals surface area contributed by atoms with Gasteiger partial charge in [-0.05, 0) is 90.0 Å². The van der Waals surface area contributed by atoms with E-state index in [2.05, 4.69) is 5.32 Å². The van der Waals surface area contributed by atoms with Gasteiger partial charge < -0.3 is 19.7 Å². The SMILES string of the molecule is CC(C)(C)C(=O)OCOP(=O)(OCOC(=O)C(C)(C)C)OCN1C(=O)NC(CCC(=O)N2Cc3cc(Cl)c(C(F)(F)F)cc3C2)(C2CC2)C1=O. The van der Waals surface area contributed by atoms with Crippen LogP contribution < -0.4 is 5.32 Å². The first-order chi connectivity index (χ1) is 23.0. The molecule has 50 heavy (non-hydrogen) atoms. The number of imide groups is 1. The molecular weight excluding hydrogens is 714 g/mol. The molecule has 1 aromatic carbocycles. The number of nitrogens with zero attached hydrogens (tertiary/aromatic N) is 2. The number of halogens is 4. The Labute approximate surface area is 291 Å². The zero-order valence-electron chi connectivity index (χ0n) is 28.4. The summed E-state index contributed by atoms with van der Waals surface area (Å²) in [7, 11) is -4.75. The maximum absolute atomic E-state index is 13.8. The highest BCUT2D eigenvalue weighted by Crippen LogP contribution is 2.51. The van der Waals surface area contributed by atoms with E-state index in [9.17, 15) is 41.7 Å². The van der Waals surface area contributed by atoms with Crippen LogP contribution >= 0.6 is 19.4 Å². The van der Waals surface area contributed by atoms with Gasteiger partial charge in [0, 0.05) is 19.5 Å². The van der Waals surface area contributed by atoms with Gasteiger partial charge in [0.1, 0.15) is 12.3 Å². The molecule has 1 saturated heterocycles. The van der Waals surface area contributed by atoms with Crippen molar-refractivity contribution in [2.75, 3.05) is 20.3 Å². The normalized spacial score (nSPS) is 19.8. The lowest BCUT2D eigenvalue weighted by Gasteiger charge is -2.27. The smallest absolute Gasteiger partial charge is 0.437 e. The lowest BCUT2D eigenvalue weighted by molar-refractivity contribution is -0.163. The maximum Gasteiger partial charge on any atom is 0.482 e. The summed E-state index contributed by atoms with van der Waals surface area (Å²) in [6, 6.07) is 1.19. The Hall–Kier alpha value is -3.24. The molecule has 19 heteroatoms. The molecule has 0 spiro atoms. The molecule has 0 bridgehead atoms. The molecule has 2 heterocycles. The van der Waals surface area contributed by atoms with Gasteiger partial charge >= 0.3 is 32.0 Å². The molecule has 2 aliphatic heterocycles. The molecule has 1 aliphatic carbocycles. The number of carbonyl (C=O) groups excluding carboxylic acids is 5. The molecule has 1 saturated carbocycles. The number of amides is 4. The largest absolute Gasteiger partial charge is 0.482 e. The molecular formula is C31H40ClF3N3O11P. The van der Waals surface area contributed by atoms with Crippen molar-refractivity contribution in [3.63, 3.8) is 0 Å². The van der Waals surface area contributed by atoms with Gasteiger partial charge in [-0.1, -0.05) is 11.6 Å². The van der Waals surface area contributed by atoms with Crippen LogP contribution in [0.4, 0.5) is 18.0 Å². The summed E-state index contributed by atoms with van der Waals surface area (Å²) in [5, 5.41) is 2.17. The highest BCUT2D eigenvalue weighted by molar-refractivity contribution is 7.48. The third kappa shape index (κ3) is 9.15. The number of nitrogens with one attached hydrogen (secondary N) is 1. The van der Waals surface area contributed by atoms with Crippen molar-refractivity contribution in [2.45, 2.75) is 92.0 Å². The second-order valence-electron chi connectivity index (χ2n) is 14.3. The van der Waals surface area contributed by atoms with Crippen LogP contribution in [-0.4, -0.2) is 65.4 Å². The third-order valence-electron chi connectivity index (χ3n) is 8.25. The Balaban J connectivity index is 1.41. The summed E-state index contributed by atoms with van der Waals surface area (Å²) < 4.78 is 78.9. The van der Waals surface area contributed by atoms with Crippen LogP contribution in [0.3, 0.4) is 0 Å². The quantitative estimate of drug-likeness (QED) is 0.110. The Morgan fingerprint density at radius 2 is 1.44 bits per heavy atom. The highest BCUT2D eigenvalue weighted by atomic mass is 35.5. The number of urea groups is 1. The molecule has 1 N–H and O–H groups in total. The number of esters is 2. The number of hydrogen-bond acceptors (Lipinski definition) is 11. The van der Waals surface area contributed by atoms with Crippen molar-refractivity contribution in [3.8, 4) is 0 Å². The van der Waals surface area contributed by atoms with E-state index in [-0.39, 0.29) is 31.8 Å². The first-order valence-electron chi connectivity index (χ1n) is 15.7. The fourth-order valence-corrected chi connectivity index (χ4v) is 6.36. The second-order valence-corrected chi connectivity index (χ2v) is 16.4. The van der Waals surface area contributed by atoms with Crippen LogP contribution in [-0.2, 0) is 66.1 Å². The number of hydrogen-bond donors (Lipinski definition) is 1. The Kier molecular flexibility index (Phi) is 11.4. The standard InChI is InChI=1S/C31H40ClF3N3O11P/c1-28(2,3)25(41)45-16-48-50(44,49-17-46-26(42)29(4,5)6)47-15-38-24(40)30(20-7-8-20,36-27(38)43)10-9-23(39)37-13-18-11-21(31(33,34)35)22(32)12-19(18)14-37/h11-12,20H,7-10,13-17H2,1-6H3,(H,36,43). The van der Waals surface area contributed by atoms with Crippen LogP contribution in [0.25, 0.3) is 0 Å². The van der Waals surface area contributed by atoms with E-state index in [1.165, 1.54) is 11.0 Å². The molecule has 1 unspecified atom stereocenters. The zero-order chi connectivity index (χ0) is 37.4. The number of carbonyl (C=O) groups is 5. The zero-order valence-corrected chi connectivity index (χ0v) is 30.1. The molecule has 0 aromatic heterocycles. The lowest BCUT2D eigenvalue weighted by Crippen LogP contribution is -2.50. The van der Waals surface area contributed by atoms with E-state index in [1.807, 2.05) is 0 Å². The van der Waals surface area contributed by atoms with E-state index in [4.69, 9.17) is 34.6 Å². The van der Waals surface area contributed by atoms with E-state index in [0.717, 1.165) is 6.07 Å². The molecule has 14 nitrogen and oxygen atoms in total. The maximum atomic E-state index is 13.8. The average Bonchev–Trinajstić information content (AvgIpc) is 3.71. The fraction of sp³-hybridized carbons (Fsp3) is 0.645. The van der Waals surface area contributed by atoms with Crippen molar-refractivity contribution >= 4 is 49.2 Å². The van der Waals surface area contributed by atoms with Gasteiger partial charge in [0.05, 0.1) is 21.4 Å². The molecule has 1 atom stereocenters. The Morgan fingerprint density at radius 3 is 1.92 bits per heavy atom. The van der Waals surface area contributed by atoms with Crippen LogP contribution in [0.1, 0.15) is 83.9 Å². The number of phosphoric ester groups is 1. The Morgan fingerprint density at radius 1 is 0.920 bits per heavy atom. The number of rotatable bonds is 13. The molecule has 278 valence electrons. The second kappa shape index (κ2) is 14.4. The van der Waals surface area contributed by atoms with Crippen molar-refractivity contribution < 1.29 is 64.8 Å². The Bertz CT molecular complexity index is 1550. The van der Waals surface area contributed by atoms with E-state index in [1.54, 1.807) is 41.5 Å². The van der Waals surface area contributed by atoms with Crippen LogP contribution in [0.5, 0.6) is 0 Å². The van der Waals surface area contributed by atoms with Crippen molar-refractivity contribution in [1.29, 1.82) is 0 Å². The molecule has 4 amide bonds. The van der Waals surface area contributed by atoms with Crippen LogP contribution in [0, 0.1) is 16.7 Å². The number of phosphoric acid groups is 1. The van der Waals surface area contributed by atoms with Gasteiger partial charge in [0.25, 0.3) is 5.91 Å². The number of fused-ring (bicyclic) bond motifs is 1. The van der Waals surface area contributed by atoms with E-state index in [0.29, 0.717) is 28.9 Å². The van der Waals surface area contributed by atoms with E-state index < -0.39 is 91.1 Å². The van der Waals surface area contributed by atoms with Gasteiger partial charge in [-0.2, -0.15) is 13.2 Å². The minimum atomic E-state index is -4.75. The van der Waals surface area contributed by atoms with Gasteiger partial charge in [-0.15, -0.1) is 0 Å². The van der Waals surface area contributed by atoms with E-state index >= 15 is 0 Å². The van der Waals surface area contributed by atoms with Crippen LogP contribution in [0.2, 0.25) is 5.02 Å².